The summed E-state index contributed by atoms with van der Waals surface area (Å²) in [5.74, 6) is -0.0859. The van der Waals surface area contributed by atoms with Crippen molar-refractivity contribution in [3.63, 3.8) is 0 Å². The average Bonchev–Trinajstić information content (AvgIpc) is 2.87. The molecule has 0 saturated carbocycles. The van der Waals surface area contributed by atoms with Crippen molar-refractivity contribution >= 4 is 23.2 Å². The molecule has 106 valence electrons. The normalized spacial score (nSPS) is 10.9. The number of rotatable bonds is 2. The van der Waals surface area contributed by atoms with Gasteiger partial charge in [0, 0.05) is 18.8 Å². The van der Waals surface area contributed by atoms with Gasteiger partial charge >= 0.3 is 0 Å². The van der Waals surface area contributed by atoms with Gasteiger partial charge in [-0.3, -0.25) is 4.68 Å². The first-order chi connectivity index (χ1) is 10.1. The van der Waals surface area contributed by atoms with Gasteiger partial charge in [-0.25, -0.2) is 14.4 Å². The zero-order chi connectivity index (χ0) is 15.0. The summed E-state index contributed by atoms with van der Waals surface area (Å²) in [6.07, 6.45) is 3.34. The Kier molecular flexibility index (Phi) is 3.61. The Morgan fingerprint density at radius 1 is 1.10 bits per heavy atom. The molecule has 0 spiro atoms. The molecule has 21 heavy (non-hydrogen) atoms. The smallest absolute Gasteiger partial charge is 0.165 e. The van der Waals surface area contributed by atoms with E-state index in [9.17, 15) is 4.39 Å². The number of aromatic nitrogens is 4. The van der Waals surface area contributed by atoms with Gasteiger partial charge in [0.25, 0.3) is 0 Å². The lowest BCUT2D eigenvalue weighted by molar-refractivity contribution is 0.631. The van der Waals surface area contributed by atoms with Crippen LogP contribution in [0.1, 0.15) is 0 Å². The summed E-state index contributed by atoms with van der Waals surface area (Å²) in [6.45, 7) is 0. The van der Waals surface area contributed by atoms with Crippen molar-refractivity contribution in [2.75, 3.05) is 0 Å². The van der Waals surface area contributed by atoms with Crippen LogP contribution in [0.15, 0.2) is 36.7 Å². The maximum Gasteiger partial charge on any atom is 0.165 e. The quantitative estimate of drug-likeness (QED) is 0.670. The number of hydrogen-bond acceptors (Lipinski definition) is 3. The molecule has 0 amide bonds. The van der Waals surface area contributed by atoms with Gasteiger partial charge in [-0.15, -0.1) is 0 Å². The Hall–Kier alpha value is -1.98. The summed E-state index contributed by atoms with van der Waals surface area (Å²) >= 11 is 12.3. The van der Waals surface area contributed by atoms with Crippen LogP contribution in [0.3, 0.4) is 0 Å². The fraction of sp³-hybridized carbons (Fsp3) is 0.0714. The fourth-order valence-electron chi connectivity index (χ4n) is 1.96. The molecule has 0 atom stereocenters. The van der Waals surface area contributed by atoms with Gasteiger partial charge in [0.1, 0.15) is 16.1 Å². The third-order valence-electron chi connectivity index (χ3n) is 2.93. The van der Waals surface area contributed by atoms with Crippen LogP contribution in [0.5, 0.6) is 0 Å². The van der Waals surface area contributed by atoms with Gasteiger partial charge in [-0.2, -0.15) is 5.10 Å². The first-order valence-electron chi connectivity index (χ1n) is 6.03. The molecule has 0 fully saturated rings. The summed E-state index contributed by atoms with van der Waals surface area (Å²) in [4.78, 5) is 8.37. The SMILES string of the molecule is Cn1cc(-c2nc(Cl)c(-c3ccccc3F)c(Cl)n2)cn1. The molecule has 0 bridgehead atoms. The fourth-order valence-corrected chi connectivity index (χ4v) is 2.55. The van der Waals surface area contributed by atoms with Crippen molar-refractivity contribution < 1.29 is 4.39 Å². The van der Waals surface area contributed by atoms with Gasteiger partial charge in [-0.1, -0.05) is 41.4 Å². The maximum absolute atomic E-state index is 13.9. The summed E-state index contributed by atoms with van der Waals surface area (Å²) in [5, 5.41) is 4.23. The van der Waals surface area contributed by atoms with Crippen molar-refractivity contribution in [2.45, 2.75) is 0 Å². The van der Waals surface area contributed by atoms with Crippen molar-refractivity contribution in [3.05, 3.63) is 52.8 Å². The predicted octanol–water partition coefficient (Wildman–Crippen LogP) is 3.99. The minimum absolute atomic E-state index is 0.0963. The average molecular weight is 323 g/mol. The van der Waals surface area contributed by atoms with E-state index in [0.717, 1.165) is 0 Å². The first kappa shape index (κ1) is 14.0. The molecule has 0 aliphatic rings. The lowest BCUT2D eigenvalue weighted by Crippen LogP contribution is -1.95. The predicted molar refractivity (Wildman–Crippen MR) is 79.6 cm³/mol. The zero-order valence-corrected chi connectivity index (χ0v) is 12.4. The van der Waals surface area contributed by atoms with Crippen molar-refractivity contribution in [2.24, 2.45) is 7.05 Å². The van der Waals surface area contributed by atoms with E-state index >= 15 is 0 Å². The molecule has 0 aliphatic heterocycles. The van der Waals surface area contributed by atoms with Crippen LogP contribution in [-0.4, -0.2) is 19.7 Å². The second-order valence-electron chi connectivity index (χ2n) is 4.39. The molecule has 0 N–H and O–H groups in total. The highest BCUT2D eigenvalue weighted by atomic mass is 35.5. The summed E-state index contributed by atoms with van der Waals surface area (Å²) in [6, 6.07) is 6.19. The monoisotopic (exact) mass is 322 g/mol. The van der Waals surface area contributed by atoms with E-state index in [4.69, 9.17) is 23.2 Å². The van der Waals surface area contributed by atoms with Crippen molar-refractivity contribution in [1.29, 1.82) is 0 Å². The summed E-state index contributed by atoms with van der Waals surface area (Å²) in [5.41, 5.74) is 1.23. The Morgan fingerprint density at radius 3 is 2.33 bits per heavy atom. The lowest BCUT2D eigenvalue weighted by Gasteiger charge is -2.08. The molecule has 0 saturated heterocycles. The highest BCUT2D eigenvalue weighted by molar-refractivity contribution is 6.37. The second-order valence-corrected chi connectivity index (χ2v) is 5.10. The van der Waals surface area contributed by atoms with E-state index in [1.54, 1.807) is 42.3 Å². The third-order valence-corrected chi connectivity index (χ3v) is 3.47. The maximum atomic E-state index is 13.9. The topological polar surface area (TPSA) is 43.6 Å². The van der Waals surface area contributed by atoms with Crippen LogP contribution < -0.4 is 0 Å². The number of hydrogen-bond donors (Lipinski definition) is 0. The molecule has 7 heteroatoms. The molecule has 0 aliphatic carbocycles. The molecule has 4 nitrogen and oxygen atoms in total. The molecule has 3 aromatic rings. The van der Waals surface area contributed by atoms with E-state index in [-0.39, 0.29) is 21.4 Å². The van der Waals surface area contributed by atoms with Crippen LogP contribution in [0.25, 0.3) is 22.5 Å². The summed E-state index contributed by atoms with van der Waals surface area (Å²) in [7, 11) is 1.78. The Bertz CT molecular complexity index is 793. The van der Waals surface area contributed by atoms with Crippen LogP contribution in [-0.2, 0) is 7.05 Å². The molecule has 3 rings (SSSR count). The second kappa shape index (κ2) is 5.42. The van der Waals surface area contributed by atoms with Crippen LogP contribution in [0, 0.1) is 5.82 Å². The van der Waals surface area contributed by atoms with E-state index in [0.29, 0.717) is 11.4 Å². The van der Waals surface area contributed by atoms with Gasteiger partial charge in [-0.05, 0) is 6.07 Å². The Morgan fingerprint density at radius 2 is 1.76 bits per heavy atom. The molecule has 2 heterocycles. The van der Waals surface area contributed by atoms with E-state index in [1.807, 2.05) is 0 Å². The molecule has 0 unspecified atom stereocenters. The molecule has 1 aromatic carbocycles. The van der Waals surface area contributed by atoms with Gasteiger partial charge in [0.05, 0.1) is 17.3 Å². The van der Waals surface area contributed by atoms with E-state index in [2.05, 4.69) is 15.1 Å². The molecule has 2 aromatic heterocycles. The number of benzene rings is 1. The number of nitrogens with zero attached hydrogens (tertiary/aromatic N) is 4. The van der Waals surface area contributed by atoms with Crippen LogP contribution >= 0.6 is 23.2 Å². The molecule has 0 radical (unpaired) electrons. The Labute approximate surface area is 130 Å². The standard InChI is InChI=1S/C14H9Cl2FN4/c1-21-7-8(6-18-21)14-19-12(15)11(13(16)20-14)9-4-2-3-5-10(9)17/h2-7H,1H3. The highest BCUT2D eigenvalue weighted by Gasteiger charge is 2.17. The van der Waals surface area contributed by atoms with Gasteiger partial charge in [0.15, 0.2) is 5.82 Å². The van der Waals surface area contributed by atoms with Gasteiger partial charge in [0.2, 0.25) is 0 Å². The molecular weight excluding hydrogens is 314 g/mol. The van der Waals surface area contributed by atoms with Crippen LogP contribution in [0.2, 0.25) is 10.3 Å². The number of aryl methyl sites for hydroxylation is 1. The first-order valence-corrected chi connectivity index (χ1v) is 6.79. The van der Waals surface area contributed by atoms with Crippen molar-refractivity contribution in [3.8, 4) is 22.5 Å². The zero-order valence-electron chi connectivity index (χ0n) is 10.9. The van der Waals surface area contributed by atoms with Crippen molar-refractivity contribution in [1.82, 2.24) is 19.7 Å². The Balaban J connectivity index is 2.15. The van der Waals surface area contributed by atoms with E-state index < -0.39 is 5.82 Å². The lowest BCUT2D eigenvalue weighted by atomic mass is 10.1. The summed E-state index contributed by atoms with van der Waals surface area (Å²) < 4.78 is 15.5. The third kappa shape index (κ3) is 2.62. The highest BCUT2D eigenvalue weighted by Crippen LogP contribution is 2.35. The molecular formula is C14H9Cl2FN4. The van der Waals surface area contributed by atoms with Crippen LogP contribution in [0.4, 0.5) is 4.39 Å². The largest absolute Gasteiger partial charge is 0.275 e. The minimum atomic E-state index is -0.431. The van der Waals surface area contributed by atoms with E-state index in [1.165, 1.54) is 6.07 Å². The van der Waals surface area contributed by atoms with Gasteiger partial charge < -0.3 is 0 Å². The number of halogens is 3. The minimum Gasteiger partial charge on any atom is -0.275 e.